The van der Waals surface area contributed by atoms with E-state index in [1.165, 1.54) is 18.2 Å². The number of amides is 2. The fourth-order valence-electron chi connectivity index (χ4n) is 3.71. The van der Waals surface area contributed by atoms with Gasteiger partial charge >= 0.3 is 0 Å². The van der Waals surface area contributed by atoms with Gasteiger partial charge in [-0.15, -0.1) is 0 Å². The van der Waals surface area contributed by atoms with Crippen molar-refractivity contribution in [2.45, 2.75) is 25.8 Å². The zero-order valence-electron chi connectivity index (χ0n) is 16.4. The van der Waals surface area contributed by atoms with Crippen LogP contribution in [0.4, 0.5) is 10.1 Å². The Morgan fingerprint density at radius 3 is 2.83 bits per heavy atom. The number of halogens is 2. The molecule has 8 heteroatoms. The highest BCUT2D eigenvalue weighted by molar-refractivity contribution is 6.31. The lowest BCUT2D eigenvalue weighted by atomic mass is 10.0. The maximum atomic E-state index is 13.2. The third-order valence-corrected chi connectivity index (χ3v) is 5.59. The van der Waals surface area contributed by atoms with E-state index in [-0.39, 0.29) is 29.7 Å². The summed E-state index contributed by atoms with van der Waals surface area (Å²) in [5.74, 6) is -0.180. The lowest BCUT2D eigenvalue weighted by Gasteiger charge is -2.27. The van der Waals surface area contributed by atoms with Crippen molar-refractivity contribution in [2.24, 2.45) is 0 Å². The predicted octanol–water partition coefficient (Wildman–Crippen LogP) is 4.27. The van der Waals surface area contributed by atoms with Crippen LogP contribution in [0.5, 0.6) is 5.75 Å². The van der Waals surface area contributed by atoms with E-state index in [1.807, 2.05) is 18.2 Å². The number of H-pyrrole nitrogens is 1. The van der Waals surface area contributed by atoms with Gasteiger partial charge in [-0.3, -0.25) is 9.59 Å². The SMILES string of the molecule is COc1ccc2[nH]c3c(c2c1)CN(C(=O)CCC(=O)Nc1ccc(F)c(Cl)c1)CC3. The van der Waals surface area contributed by atoms with E-state index in [9.17, 15) is 14.0 Å². The van der Waals surface area contributed by atoms with E-state index < -0.39 is 5.82 Å². The van der Waals surface area contributed by atoms with Crippen LogP contribution in [0.2, 0.25) is 5.02 Å². The number of benzene rings is 2. The number of methoxy groups -OCH3 is 1. The molecule has 0 aliphatic carbocycles. The molecule has 30 heavy (non-hydrogen) atoms. The number of aromatic nitrogens is 1. The van der Waals surface area contributed by atoms with Crippen LogP contribution in [0, 0.1) is 5.82 Å². The number of nitrogens with zero attached hydrogens (tertiary/aromatic N) is 1. The number of hydrogen-bond acceptors (Lipinski definition) is 3. The third kappa shape index (κ3) is 4.11. The molecule has 0 saturated carbocycles. The summed E-state index contributed by atoms with van der Waals surface area (Å²) in [5, 5.41) is 3.62. The zero-order valence-corrected chi connectivity index (χ0v) is 17.2. The molecule has 0 radical (unpaired) electrons. The molecule has 2 N–H and O–H groups in total. The number of anilines is 1. The van der Waals surface area contributed by atoms with Gasteiger partial charge in [-0.25, -0.2) is 4.39 Å². The molecule has 3 aromatic rings. The monoisotopic (exact) mass is 429 g/mol. The molecule has 0 spiro atoms. The molecule has 0 bridgehead atoms. The number of carbonyl (C=O) groups excluding carboxylic acids is 2. The molecule has 1 aliphatic heterocycles. The Morgan fingerprint density at radius 1 is 1.23 bits per heavy atom. The van der Waals surface area contributed by atoms with Crippen molar-refractivity contribution in [3.63, 3.8) is 0 Å². The van der Waals surface area contributed by atoms with Gasteiger partial charge in [0.15, 0.2) is 0 Å². The van der Waals surface area contributed by atoms with Crippen LogP contribution >= 0.6 is 11.6 Å². The highest BCUT2D eigenvalue weighted by Gasteiger charge is 2.24. The number of nitrogens with one attached hydrogen (secondary N) is 2. The first-order valence-electron chi connectivity index (χ1n) is 9.64. The maximum absolute atomic E-state index is 13.2. The number of carbonyl (C=O) groups is 2. The Morgan fingerprint density at radius 2 is 2.07 bits per heavy atom. The summed E-state index contributed by atoms with van der Waals surface area (Å²) < 4.78 is 18.5. The van der Waals surface area contributed by atoms with Gasteiger partial charge in [0.05, 0.1) is 12.1 Å². The molecule has 1 aliphatic rings. The number of aromatic amines is 1. The van der Waals surface area contributed by atoms with Crippen molar-refractivity contribution in [1.29, 1.82) is 0 Å². The zero-order chi connectivity index (χ0) is 21.3. The minimum absolute atomic E-state index is 0.0406. The molecule has 2 aromatic carbocycles. The number of rotatable bonds is 5. The van der Waals surface area contributed by atoms with Crippen LogP contribution in [0.25, 0.3) is 10.9 Å². The minimum atomic E-state index is -0.552. The second-order valence-corrected chi connectivity index (χ2v) is 7.64. The summed E-state index contributed by atoms with van der Waals surface area (Å²) in [6.07, 6.45) is 0.874. The van der Waals surface area contributed by atoms with Gasteiger partial charge < -0.3 is 19.9 Å². The standard InChI is InChI=1S/C22H21ClFN3O3/c1-30-14-3-5-19-15(11-14)16-12-27(9-8-20(16)26-19)22(29)7-6-21(28)25-13-2-4-18(24)17(23)10-13/h2-5,10-11,26H,6-9,12H2,1H3,(H,25,28). The highest BCUT2D eigenvalue weighted by atomic mass is 35.5. The topological polar surface area (TPSA) is 74.4 Å². The van der Waals surface area contributed by atoms with E-state index in [4.69, 9.17) is 16.3 Å². The van der Waals surface area contributed by atoms with Crippen LogP contribution in [-0.2, 0) is 22.6 Å². The average molecular weight is 430 g/mol. The molecule has 0 saturated heterocycles. The normalized spacial score (nSPS) is 13.2. The minimum Gasteiger partial charge on any atom is -0.497 e. The Balaban J connectivity index is 1.38. The first-order chi connectivity index (χ1) is 14.4. The fourth-order valence-corrected chi connectivity index (χ4v) is 3.89. The number of fused-ring (bicyclic) bond motifs is 3. The molecule has 6 nitrogen and oxygen atoms in total. The Hall–Kier alpha value is -3.06. The van der Waals surface area contributed by atoms with Gasteiger partial charge in [0.1, 0.15) is 11.6 Å². The molecule has 0 unspecified atom stereocenters. The quantitative estimate of drug-likeness (QED) is 0.636. The largest absolute Gasteiger partial charge is 0.497 e. The molecule has 1 aromatic heterocycles. The molecule has 2 amide bonds. The molecule has 4 rings (SSSR count). The van der Waals surface area contributed by atoms with E-state index in [0.29, 0.717) is 18.8 Å². The van der Waals surface area contributed by atoms with E-state index in [1.54, 1.807) is 12.0 Å². The Labute approximate surface area is 178 Å². The number of ether oxygens (including phenoxy) is 1. The van der Waals surface area contributed by atoms with Crippen molar-refractivity contribution in [3.05, 3.63) is 58.5 Å². The van der Waals surface area contributed by atoms with Crippen molar-refractivity contribution in [1.82, 2.24) is 9.88 Å². The maximum Gasteiger partial charge on any atom is 0.224 e. The summed E-state index contributed by atoms with van der Waals surface area (Å²) in [4.78, 5) is 30.0. The predicted molar refractivity (Wildman–Crippen MR) is 113 cm³/mol. The van der Waals surface area contributed by atoms with E-state index in [2.05, 4.69) is 10.3 Å². The second kappa shape index (κ2) is 8.36. The second-order valence-electron chi connectivity index (χ2n) is 7.24. The van der Waals surface area contributed by atoms with Crippen LogP contribution in [0.1, 0.15) is 24.1 Å². The lowest BCUT2D eigenvalue weighted by Crippen LogP contribution is -2.36. The summed E-state index contributed by atoms with van der Waals surface area (Å²) in [7, 11) is 1.63. The highest BCUT2D eigenvalue weighted by Crippen LogP contribution is 2.30. The van der Waals surface area contributed by atoms with Gasteiger partial charge in [0, 0.05) is 60.2 Å². The first-order valence-corrected chi connectivity index (χ1v) is 10.0. The molecule has 2 heterocycles. The van der Waals surface area contributed by atoms with E-state index >= 15 is 0 Å². The molecule has 0 atom stereocenters. The summed E-state index contributed by atoms with van der Waals surface area (Å²) in [5.41, 5.74) is 3.64. The van der Waals surface area contributed by atoms with E-state index in [0.717, 1.165) is 34.3 Å². The fraction of sp³-hybridized carbons (Fsp3) is 0.273. The van der Waals surface area contributed by atoms with Gasteiger partial charge in [-0.2, -0.15) is 0 Å². The van der Waals surface area contributed by atoms with Crippen LogP contribution in [0.15, 0.2) is 36.4 Å². The Bertz CT molecular complexity index is 1130. The van der Waals surface area contributed by atoms with Crippen molar-refractivity contribution in [3.8, 4) is 5.75 Å². The van der Waals surface area contributed by atoms with Crippen LogP contribution < -0.4 is 10.1 Å². The van der Waals surface area contributed by atoms with Crippen molar-refractivity contribution >= 4 is 40.0 Å². The van der Waals surface area contributed by atoms with Crippen LogP contribution in [0.3, 0.4) is 0 Å². The van der Waals surface area contributed by atoms with Gasteiger partial charge in [-0.05, 0) is 36.4 Å². The summed E-state index contributed by atoms with van der Waals surface area (Å²) >= 11 is 5.72. The number of hydrogen-bond donors (Lipinski definition) is 2. The first kappa shape index (κ1) is 20.2. The smallest absolute Gasteiger partial charge is 0.224 e. The lowest BCUT2D eigenvalue weighted by molar-refractivity contribution is -0.133. The molecular formula is C22H21ClFN3O3. The average Bonchev–Trinajstić information content (AvgIpc) is 3.11. The Kier molecular flexibility index (Phi) is 5.63. The molecular weight excluding hydrogens is 409 g/mol. The van der Waals surface area contributed by atoms with Gasteiger partial charge in [0.2, 0.25) is 11.8 Å². The summed E-state index contributed by atoms with van der Waals surface area (Å²) in [6, 6.07) is 9.81. The molecule has 156 valence electrons. The summed E-state index contributed by atoms with van der Waals surface area (Å²) in [6.45, 7) is 1.10. The van der Waals surface area contributed by atoms with Crippen molar-refractivity contribution in [2.75, 3.05) is 19.0 Å². The van der Waals surface area contributed by atoms with Crippen molar-refractivity contribution < 1.29 is 18.7 Å². The molecule has 0 fully saturated rings. The third-order valence-electron chi connectivity index (χ3n) is 5.30. The van der Waals surface area contributed by atoms with Gasteiger partial charge in [-0.1, -0.05) is 11.6 Å². The van der Waals surface area contributed by atoms with Crippen LogP contribution in [-0.4, -0.2) is 35.4 Å². The van der Waals surface area contributed by atoms with Gasteiger partial charge in [0.25, 0.3) is 0 Å².